The number of aliphatic hydroxyl groups is 1. The van der Waals surface area contributed by atoms with Crippen molar-refractivity contribution in [1.29, 1.82) is 0 Å². The van der Waals surface area contributed by atoms with Crippen molar-refractivity contribution < 1.29 is 14.6 Å². The molecule has 150 valence electrons. The number of aryl methyl sites for hydroxylation is 1. The summed E-state index contributed by atoms with van der Waals surface area (Å²) in [4.78, 5) is 2.52. The van der Waals surface area contributed by atoms with Crippen LogP contribution in [0, 0.1) is 24.6 Å². The van der Waals surface area contributed by atoms with Gasteiger partial charge in [0.25, 0.3) is 0 Å². The number of hydrogen-bond acceptors (Lipinski definition) is 3. The molecular weight excluding hydrogens is 353 g/mol. The highest BCUT2D eigenvalue weighted by Crippen LogP contribution is 2.45. The Labute approximate surface area is 166 Å². The predicted molar refractivity (Wildman–Crippen MR) is 109 cm³/mol. The summed E-state index contributed by atoms with van der Waals surface area (Å²) in [7, 11) is 0. The van der Waals surface area contributed by atoms with Crippen LogP contribution in [-0.2, 0) is 6.42 Å². The molecule has 28 heavy (non-hydrogen) atoms. The molecule has 0 amide bonds. The van der Waals surface area contributed by atoms with Gasteiger partial charge in [0.05, 0.1) is 5.60 Å². The molecule has 2 aromatic carbocycles. The minimum atomic E-state index is -0.660. The number of likely N-dealkylation sites (tertiary alicyclic amines) is 1. The first-order valence-electron chi connectivity index (χ1n) is 10.3. The van der Waals surface area contributed by atoms with Crippen LogP contribution in [-0.4, -0.2) is 40.3 Å². The van der Waals surface area contributed by atoms with Gasteiger partial charge in [0.2, 0.25) is 0 Å². The maximum absolute atomic E-state index is 13.4. The van der Waals surface area contributed by atoms with E-state index in [1.807, 2.05) is 25.1 Å². The zero-order chi connectivity index (χ0) is 19.9. The van der Waals surface area contributed by atoms with Gasteiger partial charge in [-0.25, -0.2) is 4.39 Å². The lowest BCUT2D eigenvalue weighted by molar-refractivity contribution is 0.0351. The molecule has 1 saturated heterocycles. The van der Waals surface area contributed by atoms with E-state index in [4.69, 9.17) is 0 Å². The average Bonchev–Trinajstić information content (AvgIpc) is 3.12. The summed E-state index contributed by atoms with van der Waals surface area (Å²) in [5.74, 6) is 1.59. The van der Waals surface area contributed by atoms with Crippen molar-refractivity contribution in [3.8, 4) is 5.75 Å². The molecule has 2 fully saturated rings. The number of phenols is 1. The minimum Gasteiger partial charge on any atom is -0.508 e. The number of phenolic OH excluding ortho intramolecular Hbond substituents is 1. The summed E-state index contributed by atoms with van der Waals surface area (Å²) in [6, 6.07) is 12.4. The van der Waals surface area contributed by atoms with Crippen molar-refractivity contribution in [2.24, 2.45) is 11.8 Å². The van der Waals surface area contributed by atoms with Crippen LogP contribution in [0.4, 0.5) is 4.39 Å². The molecule has 1 heterocycles. The third-order valence-corrected chi connectivity index (χ3v) is 6.75. The highest BCUT2D eigenvalue weighted by molar-refractivity contribution is 5.29. The number of rotatable bonds is 5. The fraction of sp³-hybridized carbons (Fsp3) is 0.500. The molecule has 4 rings (SSSR count). The molecule has 4 heteroatoms. The second-order valence-corrected chi connectivity index (χ2v) is 9.11. The first kappa shape index (κ1) is 19.4. The van der Waals surface area contributed by atoms with Gasteiger partial charge in [0.15, 0.2) is 0 Å². The largest absolute Gasteiger partial charge is 0.508 e. The van der Waals surface area contributed by atoms with Gasteiger partial charge in [0.1, 0.15) is 11.6 Å². The average molecular weight is 384 g/mol. The van der Waals surface area contributed by atoms with Crippen molar-refractivity contribution in [2.45, 2.75) is 44.6 Å². The Kier molecular flexibility index (Phi) is 5.19. The molecular formula is C24H30FNO2. The van der Waals surface area contributed by atoms with Crippen LogP contribution in [0.15, 0.2) is 42.5 Å². The molecule has 2 aliphatic rings. The van der Waals surface area contributed by atoms with E-state index in [9.17, 15) is 14.6 Å². The van der Waals surface area contributed by atoms with Gasteiger partial charge in [0, 0.05) is 26.1 Å². The maximum atomic E-state index is 13.4. The van der Waals surface area contributed by atoms with E-state index in [0.717, 1.165) is 43.6 Å². The third kappa shape index (κ3) is 4.08. The van der Waals surface area contributed by atoms with Gasteiger partial charge < -0.3 is 15.1 Å². The Bertz CT molecular complexity index is 821. The quantitative estimate of drug-likeness (QED) is 0.811. The van der Waals surface area contributed by atoms with Gasteiger partial charge in [-0.2, -0.15) is 0 Å². The Morgan fingerprint density at radius 1 is 1.11 bits per heavy atom. The number of fused-ring (bicyclic) bond motifs is 1. The first-order valence-corrected chi connectivity index (χ1v) is 10.3. The van der Waals surface area contributed by atoms with E-state index >= 15 is 0 Å². The summed E-state index contributed by atoms with van der Waals surface area (Å²) in [6.07, 6.45) is 2.28. The third-order valence-electron chi connectivity index (χ3n) is 6.75. The van der Waals surface area contributed by atoms with Gasteiger partial charge in [-0.05, 0) is 78.5 Å². The molecule has 1 aliphatic carbocycles. The van der Waals surface area contributed by atoms with E-state index in [2.05, 4.69) is 11.8 Å². The molecule has 4 atom stereocenters. The molecule has 2 N–H and O–H groups in total. The van der Waals surface area contributed by atoms with E-state index in [1.165, 1.54) is 11.6 Å². The Morgan fingerprint density at radius 3 is 2.36 bits per heavy atom. The monoisotopic (exact) mass is 383 g/mol. The smallest absolute Gasteiger partial charge is 0.123 e. The topological polar surface area (TPSA) is 43.7 Å². The van der Waals surface area contributed by atoms with Crippen LogP contribution in [0.2, 0.25) is 0 Å². The highest BCUT2D eigenvalue weighted by Gasteiger charge is 2.48. The van der Waals surface area contributed by atoms with Crippen LogP contribution in [0.25, 0.3) is 0 Å². The van der Waals surface area contributed by atoms with E-state index < -0.39 is 5.60 Å². The van der Waals surface area contributed by atoms with Gasteiger partial charge in [-0.3, -0.25) is 0 Å². The van der Waals surface area contributed by atoms with E-state index in [-0.39, 0.29) is 5.82 Å². The minimum absolute atomic E-state index is 0.213. The fourth-order valence-corrected chi connectivity index (χ4v) is 5.36. The van der Waals surface area contributed by atoms with E-state index in [0.29, 0.717) is 29.9 Å². The van der Waals surface area contributed by atoms with Gasteiger partial charge >= 0.3 is 0 Å². The zero-order valence-electron chi connectivity index (χ0n) is 16.7. The summed E-state index contributed by atoms with van der Waals surface area (Å²) >= 11 is 0. The zero-order valence-corrected chi connectivity index (χ0v) is 16.7. The number of hydrogen-bond donors (Lipinski definition) is 2. The van der Waals surface area contributed by atoms with Gasteiger partial charge in [-0.1, -0.05) is 25.1 Å². The van der Waals surface area contributed by atoms with E-state index in [1.54, 1.807) is 18.2 Å². The molecule has 2 aromatic rings. The Balaban J connectivity index is 1.34. The summed E-state index contributed by atoms with van der Waals surface area (Å²) in [5.41, 5.74) is 2.57. The van der Waals surface area contributed by atoms with Gasteiger partial charge in [-0.15, -0.1) is 0 Å². The van der Waals surface area contributed by atoms with Crippen molar-refractivity contribution in [1.82, 2.24) is 4.90 Å². The molecule has 1 saturated carbocycles. The lowest BCUT2D eigenvalue weighted by Crippen LogP contribution is -2.33. The maximum Gasteiger partial charge on any atom is 0.123 e. The number of halogens is 1. The van der Waals surface area contributed by atoms with Crippen LogP contribution < -0.4 is 0 Å². The van der Waals surface area contributed by atoms with Crippen LogP contribution in [0.5, 0.6) is 5.75 Å². The number of aromatic hydroxyl groups is 1. The summed E-state index contributed by atoms with van der Waals surface area (Å²) in [6.45, 7) is 7.24. The Morgan fingerprint density at radius 2 is 1.75 bits per heavy atom. The van der Waals surface area contributed by atoms with Crippen LogP contribution >= 0.6 is 0 Å². The van der Waals surface area contributed by atoms with Crippen molar-refractivity contribution >= 4 is 0 Å². The fourth-order valence-electron chi connectivity index (χ4n) is 5.36. The standard InChI is InChI=1S/C24H30FNO2/c1-16-9-22(25)6-3-19(16)10-24(28)11-20-14-26(15-21(20)12-24)13-17(2)18-4-7-23(27)8-5-18/h3-9,17,20-21,27-28H,10-15H2,1-2H3/t17?,20-,21+,24?. The number of nitrogens with zero attached hydrogens (tertiary/aromatic N) is 1. The van der Waals surface area contributed by atoms with Crippen LogP contribution in [0.1, 0.15) is 42.4 Å². The predicted octanol–water partition coefficient (Wildman–Crippen LogP) is 4.26. The van der Waals surface area contributed by atoms with Crippen molar-refractivity contribution in [3.63, 3.8) is 0 Å². The van der Waals surface area contributed by atoms with Crippen LogP contribution in [0.3, 0.4) is 0 Å². The molecule has 0 bridgehead atoms. The SMILES string of the molecule is Cc1cc(F)ccc1CC1(O)C[C@H]2CN(CC(C)c3ccc(O)cc3)C[C@H]2C1. The highest BCUT2D eigenvalue weighted by atomic mass is 19.1. The van der Waals surface area contributed by atoms with Crippen molar-refractivity contribution in [2.75, 3.05) is 19.6 Å². The molecule has 3 nitrogen and oxygen atoms in total. The lowest BCUT2D eigenvalue weighted by atomic mass is 9.89. The second-order valence-electron chi connectivity index (χ2n) is 9.11. The molecule has 0 radical (unpaired) electrons. The Hall–Kier alpha value is -1.91. The second kappa shape index (κ2) is 7.49. The van der Waals surface area contributed by atoms with Crippen molar-refractivity contribution in [3.05, 3.63) is 65.0 Å². The molecule has 0 aromatic heterocycles. The molecule has 1 aliphatic heterocycles. The summed E-state index contributed by atoms with van der Waals surface area (Å²) < 4.78 is 13.4. The first-order chi connectivity index (χ1) is 13.3. The molecule has 0 spiro atoms. The number of benzene rings is 2. The normalized spacial score (nSPS) is 28.4. The summed E-state index contributed by atoms with van der Waals surface area (Å²) in [5, 5.41) is 20.6. The molecule has 2 unspecified atom stereocenters. The lowest BCUT2D eigenvalue weighted by Gasteiger charge is -2.28.